The van der Waals surface area contributed by atoms with E-state index in [1.54, 1.807) is 6.33 Å². The Morgan fingerprint density at radius 3 is 3.12 bits per heavy atom. The first-order valence-corrected chi connectivity index (χ1v) is 5.03. The number of rotatable bonds is 4. The molecule has 4 N–H and O–H groups in total. The van der Waals surface area contributed by atoms with Gasteiger partial charge in [-0.2, -0.15) is 4.98 Å². The number of hydrogen-bond acceptors (Lipinski definition) is 6. The van der Waals surface area contributed by atoms with Gasteiger partial charge >= 0.3 is 0 Å². The molecule has 0 aliphatic heterocycles. The number of aryl methyl sites for hydroxylation is 1. The third-order valence-electron chi connectivity index (χ3n) is 2.16. The van der Waals surface area contributed by atoms with Gasteiger partial charge in [-0.25, -0.2) is 0 Å². The number of anilines is 1. The molecule has 0 aliphatic rings. The molecule has 0 saturated heterocycles. The van der Waals surface area contributed by atoms with Crippen LogP contribution in [0.1, 0.15) is 23.4 Å². The molecule has 9 nitrogen and oxygen atoms in total. The number of H-pyrrole nitrogens is 1. The molecular weight excluding hydrogens is 224 g/mol. The summed E-state index contributed by atoms with van der Waals surface area (Å²) in [6, 6.07) is 0. The van der Waals surface area contributed by atoms with Gasteiger partial charge in [-0.05, 0) is 6.92 Å². The number of amides is 1. The van der Waals surface area contributed by atoms with Crippen molar-refractivity contribution < 1.29 is 4.79 Å². The van der Waals surface area contributed by atoms with Crippen molar-refractivity contribution in [2.45, 2.75) is 20.0 Å². The van der Waals surface area contributed by atoms with E-state index in [0.29, 0.717) is 5.82 Å². The number of aromatic nitrogens is 6. The van der Waals surface area contributed by atoms with E-state index < -0.39 is 0 Å². The van der Waals surface area contributed by atoms with Crippen LogP contribution in [0.5, 0.6) is 0 Å². The molecule has 0 bridgehead atoms. The molecule has 2 rings (SSSR count). The van der Waals surface area contributed by atoms with Crippen LogP contribution in [0.4, 0.5) is 5.95 Å². The number of hydrogen-bond donors (Lipinski definition) is 3. The summed E-state index contributed by atoms with van der Waals surface area (Å²) in [6.07, 6.45) is 1.61. The van der Waals surface area contributed by atoms with Gasteiger partial charge in [0.25, 0.3) is 5.91 Å². The molecule has 0 unspecified atom stereocenters. The molecule has 0 fully saturated rings. The van der Waals surface area contributed by atoms with E-state index >= 15 is 0 Å². The molecule has 17 heavy (non-hydrogen) atoms. The molecule has 2 aromatic heterocycles. The maximum Gasteiger partial charge on any atom is 0.289 e. The number of nitrogens with zero attached hydrogens (tertiary/aromatic N) is 5. The van der Waals surface area contributed by atoms with E-state index in [1.807, 2.05) is 11.5 Å². The Morgan fingerprint density at radius 2 is 2.47 bits per heavy atom. The Balaban J connectivity index is 1.97. The minimum Gasteiger partial charge on any atom is -0.366 e. The Hall–Kier alpha value is -2.45. The van der Waals surface area contributed by atoms with Gasteiger partial charge in [0.1, 0.15) is 6.33 Å². The fraction of sp³-hybridized carbons (Fsp3) is 0.375. The molecule has 0 aliphatic carbocycles. The average molecular weight is 236 g/mol. The lowest BCUT2D eigenvalue weighted by molar-refractivity contribution is 0.0939. The van der Waals surface area contributed by atoms with Crippen molar-refractivity contribution >= 4 is 11.9 Å². The number of nitrogens with one attached hydrogen (secondary N) is 2. The lowest BCUT2D eigenvalue weighted by Crippen LogP contribution is -2.25. The summed E-state index contributed by atoms with van der Waals surface area (Å²) in [5, 5.41) is 16.3. The first-order valence-electron chi connectivity index (χ1n) is 5.03. The van der Waals surface area contributed by atoms with Crippen molar-refractivity contribution in [3.63, 3.8) is 0 Å². The van der Waals surface area contributed by atoms with E-state index in [-0.39, 0.29) is 24.2 Å². The first kappa shape index (κ1) is 11.0. The number of nitrogens with two attached hydrogens (primary N) is 1. The lowest BCUT2D eigenvalue weighted by atomic mass is 10.5. The summed E-state index contributed by atoms with van der Waals surface area (Å²) in [6.45, 7) is 2.98. The summed E-state index contributed by atoms with van der Waals surface area (Å²) in [4.78, 5) is 15.3. The topological polar surface area (TPSA) is 127 Å². The van der Waals surface area contributed by atoms with Crippen molar-refractivity contribution in [1.29, 1.82) is 0 Å². The monoisotopic (exact) mass is 236 g/mol. The fourth-order valence-electron chi connectivity index (χ4n) is 1.30. The molecular formula is C8H12N8O. The minimum atomic E-state index is -0.389. The van der Waals surface area contributed by atoms with E-state index in [1.165, 1.54) is 0 Å². The van der Waals surface area contributed by atoms with E-state index in [2.05, 4.69) is 30.7 Å². The third-order valence-corrected chi connectivity index (χ3v) is 2.16. The highest BCUT2D eigenvalue weighted by Crippen LogP contribution is 1.96. The van der Waals surface area contributed by atoms with Gasteiger partial charge in [0.15, 0.2) is 5.82 Å². The molecule has 9 heteroatoms. The second kappa shape index (κ2) is 4.60. The van der Waals surface area contributed by atoms with Crippen molar-refractivity contribution in [1.82, 2.24) is 35.3 Å². The summed E-state index contributed by atoms with van der Waals surface area (Å²) < 4.78 is 1.83. The van der Waals surface area contributed by atoms with Crippen LogP contribution in [0, 0.1) is 0 Å². The molecule has 0 spiro atoms. The number of nitrogen functional groups attached to an aromatic ring is 1. The predicted molar refractivity (Wildman–Crippen MR) is 57.7 cm³/mol. The lowest BCUT2D eigenvalue weighted by Gasteiger charge is -2.03. The van der Waals surface area contributed by atoms with Gasteiger partial charge in [-0.3, -0.25) is 9.89 Å². The van der Waals surface area contributed by atoms with Crippen LogP contribution in [-0.4, -0.2) is 35.9 Å². The molecule has 0 atom stereocenters. The van der Waals surface area contributed by atoms with Crippen molar-refractivity contribution in [3.05, 3.63) is 18.0 Å². The van der Waals surface area contributed by atoms with Gasteiger partial charge in [-0.1, -0.05) is 0 Å². The Bertz CT molecular complexity index is 515. The Morgan fingerprint density at radius 1 is 1.65 bits per heavy atom. The smallest absolute Gasteiger partial charge is 0.289 e. The van der Waals surface area contributed by atoms with E-state index in [9.17, 15) is 4.79 Å². The highest BCUT2D eigenvalue weighted by atomic mass is 16.2. The molecule has 2 aromatic rings. The molecule has 1 amide bonds. The van der Waals surface area contributed by atoms with Gasteiger partial charge in [0.2, 0.25) is 11.8 Å². The summed E-state index contributed by atoms with van der Waals surface area (Å²) in [5.74, 6) is 0.394. The SMILES string of the molecule is CCn1cnnc1CNC(=O)c1nc(N)n[nH]1. The molecule has 0 radical (unpaired) electrons. The molecule has 0 saturated carbocycles. The van der Waals surface area contributed by atoms with Crippen LogP contribution in [0.3, 0.4) is 0 Å². The maximum atomic E-state index is 11.6. The van der Waals surface area contributed by atoms with E-state index in [4.69, 9.17) is 5.73 Å². The summed E-state index contributed by atoms with van der Waals surface area (Å²) >= 11 is 0. The number of carbonyl (C=O) groups is 1. The van der Waals surface area contributed by atoms with Crippen molar-refractivity contribution in [2.75, 3.05) is 5.73 Å². The number of aromatic amines is 1. The van der Waals surface area contributed by atoms with Crippen LogP contribution in [0.15, 0.2) is 6.33 Å². The van der Waals surface area contributed by atoms with E-state index in [0.717, 1.165) is 6.54 Å². The molecule has 0 aromatic carbocycles. The van der Waals surface area contributed by atoms with Crippen molar-refractivity contribution in [3.8, 4) is 0 Å². The third kappa shape index (κ3) is 2.38. The zero-order valence-corrected chi connectivity index (χ0v) is 9.21. The second-order valence-electron chi connectivity index (χ2n) is 3.26. The quantitative estimate of drug-likeness (QED) is 0.620. The highest BCUT2D eigenvalue weighted by molar-refractivity contribution is 5.90. The zero-order chi connectivity index (χ0) is 12.3. The first-order chi connectivity index (χ1) is 8.20. The average Bonchev–Trinajstić information content (AvgIpc) is 2.94. The van der Waals surface area contributed by atoms with Crippen LogP contribution >= 0.6 is 0 Å². The Kier molecular flexibility index (Phi) is 2.99. The van der Waals surface area contributed by atoms with Crippen LogP contribution < -0.4 is 11.1 Å². The van der Waals surface area contributed by atoms with Crippen molar-refractivity contribution in [2.24, 2.45) is 0 Å². The summed E-state index contributed by atoms with van der Waals surface area (Å²) in [7, 11) is 0. The molecule has 2 heterocycles. The molecule has 90 valence electrons. The maximum absolute atomic E-state index is 11.6. The largest absolute Gasteiger partial charge is 0.366 e. The van der Waals surface area contributed by atoms with Gasteiger partial charge in [-0.15, -0.1) is 15.3 Å². The minimum absolute atomic E-state index is 0.0341. The standard InChI is InChI=1S/C8H12N8O/c1-2-16-4-11-13-5(16)3-10-7(17)6-12-8(9)15-14-6/h4H,2-3H2,1H3,(H,10,17)(H3,9,12,14,15). The second-order valence-corrected chi connectivity index (χ2v) is 3.26. The van der Waals surface area contributed by atoms with Crippen LogP contribution in [0.25, 0.3) is 0 Å². The van der Waals surface area contributed by atoms with Gasteiger partial charge in [0.05, 0.1) is 6.54 Å². The number of carbonyl (C=O) groups excluding carboxylic acids is 1. The van der Waals surface area contributed by atoms with Gasteiger partial charge < -0.3 is 15.6 Å². The predicted octanol–water partition coefficient (Wildman–Crippen LogP) is -1.07. The zero-order valence-electron chi connectivity index (χ0n) is 9.21. The fourth-order valence-corrected chi connectivity index (χ4v) is 1.30. The van der Waals surface area contributed by atoms with Gasteiger partial charge in [0, 0.05) is 6.54 Å². The summed E-state index contributed by atoms with van der Waals surface area (Å²) in [5.41, 5.74) is 5.29. The normalized spacial score (nSPS) is 10.4. The Labute approximate surface area is 96.4 Å². The van der Waals surface area contributed by atoms with Crippen LogP contribution in [0.2, 0.25) is 0 Å². The highest BCUT2D eigenvalue weighted by Gasteiger charge is 2.11. The van der Waals surface area contributed by atoms with Crippen LogP contribution in [-0.2, 0) is 13.1 Å².